The first kappa shape index (κ1) is 19.5. The van der Waals surface area contributed by atoms with Gasteiger partial charge >= 0.3 is 12.2 Å². The summed E-state index contributed by atoms with van der Waals surface area (Å²) in [6.07, 6.45) is -1.65. The van der Waals surface area contributed by atoms with Crippen LogP contribution in [0.4, 0.5) is 14.0 Å². The number of hydrogen-bond donors (Lipinski definition) is 0. The topological polar surface area (TPSA) is 59.1 Å². The fourth-order valence-corrected chi connectivity index (χ4v) is 2.55. The smallest absolute Gasteiger partial charge is 0.410 e. The van der Waals surface area contributed by atoms with Crippen molar-refractivity contribution in [3.8, 4) is 0 Å². The van der Waals surface area contributed by atoms with Gasteiger partial charge in [-0.3, -0.25) is 9.80 Å². The van der Waals surface area contributed by atoms with E-state index in [2.05, 4.69) is 0 Å². The number of hydrogen-bond acceptors (Lipinski definition) is 4. The largest absolute Gasteiger partial charge is 0.448 e. The third-order valence-electron chi connectivity index (χ3n) is 3.73. The molecule has 7 heteroatoms. The van der Waals surface area contributed by atoms with Crippen molar-refractivity contribution in [3.63, 3.8) is 0 Å². The minimum absolute atomic E-state index is 0.0897. The van der Waals surface area contributed by atoms with Crippen LogP contribution in [0.15, 0.2) is 0 Å². The van der Waals surface area contributed by atoms with E-state index in [1.54, 1.807) is 4.90 Å². The summed E-state index contributed by atoms with van der Waals surface area (Å²) in [5, 5.41) is 0. The molecule has 2 saturated heterocycles. The number of carbonyl (C=O) groups is 2. The molecule has 0 aromatic heterocycles. The SMILES string of the molecule is CC(C)(C)N1CCOC1=O.CC(F)C1COC(=O)N1C(C)(C)C. The monoisotopic (exact) mass is 332 g/mol. The first-order valence-corrected chi connectivity index (χ1v) is 7.90. The third-order valence-corrected chi connectivity index (χ3v) is 3.73. The van der Waals surface area contributed by atoms with E-state index in [9.17, 15) is 14.0 Å². The lowest BCUT2D eigenvalue weighted by molar-refractivity contribution is 0.0989. The van der Waals surface area contributed by atoms with Crippen molar-refractivity contribution in [3.05, 3.63) is 0 Å². The third kappa shape index (κ3) is 4.97. The van der Waals surface area contributed by atoms with E-state index >= 15 is 0 Å². The maximum atomic E-state index is 13.1. The van der Waals surface area contributed by atoms with Crippen LogP contribution in [0.1, 0.15) is 48.5 Å². The van der Waals surface area contributed by atoms with Gasteiger partial charge in [-0.15, -0.1) is 0 Å². The summed E-state index contributed by atoms with van der Waals surface area (Å²) in [7, 11) is 0. The number of carbonyl (C=O) groups excluding carboxylic acids is 2. The molecule has 2 amide bonds. The minimum atomic E-state index is -1.05. The van der Waals surface area contributed by atoms with Crippen molar-refractivity contribution in [2.75, 3.05) is 19.8 Å². The molecule has 0 radical (unpaired) electrons. The lowest BCUT2D eigenvalue weighted by atomic mass is 10.0. The van der Waals surface area contributed by atoms with Crippen LogP contribution in [0.25, 0.3) is 0 Å². The molecule has 0 N–H and O–H groups in total. The lowest BCUT2D eigenvalue weighted by Gasteiger charge is -2.34. The second-order valence-corrected chi connectivity index (χ2v) is 7.80. The summed E-state index contributed by atoms with van der Waals surface area (Å²) < 4.78 is 22.7. The second kappa shape index (κ2) is 6.93. The van der Waals surface area contributed by atoms with Crippen LogP contribution in [0.2, 0.25) is 0 Å². The molecule has 0 bridgehead atoms. The Hall–Kier alpha value is -1.53. The molecule has 23 heavy (non-hydrogen) atoms. The van der Waals surface area contributed by atoms with Crippen LogP contribution in [0, 0.1) is 0 Å². The van der Waals surface area contributed by atoms with Gasteiger partial charge in [0.2, 0.25) is 0 Å². The van der Waals surface area contributed by atoms with Gasteiger partial charge in [0.25, 0.3) is 0 Å². The van der Waals surface area contributed by atoms with E-state index in [-0.39, 0.29) is 23.8 Å². The summed E-state index contributed by atoms with van der Waals surface area (Å²) in [4.78, 5) is 25.4. The predicted octanol–water partition coefficient (Wildman–Crippen LogP) is 3.20. The summed E-state index contributed by atoms with van der Waals surface area (Å²) >= 11 is 0. The first-order valence-electron chi connectivity index (χ1n) is 7.90. The zero-order valence-corrected chi connectivity index (χ0v) is 15.2. The quantitative estimate of drug-likeness (QED) is 0.740. The molecule has 0 aliphatic carbocycles. The lowest BCUT2D eigenvalue weighted by Crippen LogP contribution is -2.50. The van der Waals surface area contributed by atoms with Gasteiger partial charge in [0, 0.05) is 11.1 Å². The molecule has 0 aromatic carbocycles. The molecule has 0 spiro atoms. The highest BCUT2D eigenvalue weighted by Crippen LogP contribution is 2.26. The Morgan fingerprint density at radius 3 is 1.87 bits per heavy atom. The standard InChI is InChI=1S/C9H16FNO2.C7H13NO2/c1-6(10)7-5-13-8(12)11(7)9(2,3)4;1-7(2,3)8-4-5-10-6(8)9/h6-7H,5H2,1-4H3;4-5H2,1-3H3. The van der Waals surface area contributed by atoms with E-state index in [0.29, 0.717) is 6.61 Å². The molecule has 0 aromatic rings. The molecule has 2 fully saturated rings. The van der Waals surface area contributed by atoms with Gasteiger partial charge < -0.3 is 9.47 Å². The number of rotatable bonds is 1. The van der Waals surface area contributed by atoms with Gasteiger partial charge in [0.1, 0.15) is 25.4 Å². The Morgan fingerprint density at radius 1 is 1.04 bits per heavy atom. The number of ether oxygens (including phenoxy) is 2. The molecule has 134 valence electrons. The Balaban J connectivity index is 0.000000238. The number of alkyl halides is 1. The highest BCUT2D eigenvalue weighted by molar-refractivity contribution is 5.71. The van der Waals surface area contributed by atoms with Gasteiger partial charge in [-0.2, -0.15) is 0 Å². The van der Waals surface area contributed by atoms with Crippen LogP contribution in [0.3, 0.4) is 0 Å². The van der Waals surface area contributed by atoms with Crippen molar-refractivity contribution in [1.82, 2.24) is 9.80 Å². The van der Waals surface area contributed by atoms with Crippen LogP contribution in [0.5, 0.6) is 0 Å². The molecule has 2 heterocycles. The molecule has 2 rings (SSSR count). The molecule has 2 atom stereocenters. The molecule has 6 nitrogen and oxygen atoms in total. The predicted molar refractivity (Wildman–Crippen MR) is 85.1 cm³/mol. The Morgan fingerprint density at radius 2 is 1.61 bits per heavy atom. The van der Waals surface area contributed by atoms with Crippen LogP contribution < -0.4 is 0 Å². The number of cyclic esters (lactones) is 2. The van der Waals surface area contributed by atoms with E-state index < -0.39 is 18.3 Å². The van der Waals surface area contributed by atoms with Crippen molar-refractivity contribution < 1.29 is 23.5 Å². The zero-order valence-electron chi connectivity index (χ0n) is 15.2. The highest BCUT2D eigenvalue weighted by Gasteiger charge is 2.42. The van der Waals surface area contributed by atoms with Gasteiger partial charge in [-0.25, -0.2) is 14.0 Å². The van der Waals surface area contributed by atoms with E-state index in [1.165, 1.54) is 11.8 Å². The molecule has 0 saturated carbocycles. The van der Waals surface area contributed by atoms with E-state index in [4.69, 9.17) is 9.47 Å². The van der Waals surface area contributed by atoms with Crippen LogP contribution >= 0.6 is 0 Å². The normalized spacial score (nSPS) is 23.2. The maximum absolute atomic E-state index is 13.1. The summed E-state index contributed by atoms with van der Waals surface area (Å²) in [5.41, 5.74) is -0.466. The summed E-state index contributed by atoms with van der Waals surface area (Å²) in [5.74, 6) is 0. The fraction of sp³-hybridized carbons (Fsp3) is 0.875. The second-order valence-electron chi connectivity index (χ2n) is 7.80. The van der Waals surface area contributed by atoms with Gasteiger partial charge in [0.15, 0.2) is 0 Å². The highest BCUT2D eigenvalue weighted by atomic mass is 19.1. The van der Waals surface area contributed by atoms with Crippen molar-refractivity contribution >= 4 is 12.2 Å². The van der Waals surface area contributed by atoms with Crippen molar-refractivity contribution in [1.29, 1.82) is 0 Å². The Labute approximate surface area is 137 Å². The number of halogens is 1. The first-order chi connectivity index (χ1) is 10.4. The maximum Gasteiger partial charge on any atom is 0.410 e. The zero-order chi connectivity index (χ0) is 18.0. The average Bonchev–Trinajstić information content (AvgIpc) is 2.94. The minimum Gasteiger partial charge on any atom is -0.448 e. The molecule has 2 unspecified atom stereocenters. The molecule has 2 aliphatic rings. The van der Waals surface area contributed by atoms with Gasteiger partial charge in [0.05, 0.1) is 6.54 Å². The summed E-state index contributed by atoms with van der Waals surface area (Å²) in [6, 6.07) is -0.438. The van der Waals surface area contributed by atoms with Crippen molar-refractivity contribution in [2.45, 2.75) is 71.8 Å². The van der Waals surface area contributed by atoms with Gasteiger partial charge in [-0.05, 0) is 48.5 Å². The summed E-state index contributed by atoms with van der Waals surface area (Å²) in [6.45, 7) is 14.5. The molecular weight excluding hydrogens is 303 g/mol. The molecular formula is C16H29FN2O4. The van der Waals surface area contributed by atoms with Gasteiger partial charge in [-0.1, -0.05) is 0 Å². The molecule has 2 aliphatic heterocycles. The Kier molecular flexibility index (Phi) is 5.88. The Bertz CT molecular complexity index is 440. The van der Waals surface area contributed by atoms with Crippen molar-refractivity contribution in [2.24, 2.45) is 0 Å². The van der Waals surface area contributed by atoms with E-state index in [0.717, 1.165) is 6.54 Å². The van der Waals surface area contributed by atoms with E-state index in [1.807, 2.05) is 41.5 Å². The van der Waals surface area contributed by atoms with Crippen LogP contribution in [-0.2, 0) is 9.47 Å². The van der Waals surface area contributed by atoms with Crippen LogP contribution in [-0.4, -0.2) is 65.0 Å². The average molecular weight is 332 g/mol. The number of nitrogens with zero attached hydrogens (tertiary/aromatic N) is 2. The number of amides is 2. The fourth-order valence-electron chi connectivity index (χ4n) is 2.55.